The summed E-state index contributed by atoms with van der Waals surface area (Å²) in [6.45, 7) is 8.45. The SMILES string of the molecule is CC1(C)COCCN1CCC1(N)CCCC1. The number of nitrogens with two attached hydrogens (primary N) is 1. The van der Waals surface area contributed by atoms with E-state index in [1.165, 1.54) is 25.7 Å². The van der Waals surface area contributed by atoms with Gasteiger partial charge in [-0.1, -0.05) is 12.8 Å². The van der Waals surface area contributed by atoms with E-state index in [-0.39, 0.29) is 11.1 Å². The zero-order valence-corrected chi connectivity index (χ0v) is 10.8. The molecule has 16 heavy (non-hydrogen) atoms. The Kier molecular flexibility index (Phi) is 3.57. The first kappa shape index (κ1) is 12.3. The van der Waals surface area contributed by atoms with Crippen LogP contribution in [0.15, 0.2) is 0 Å². The third-order valence-corrected chi connectivity index (χ3v) is 4.30. The normalized spacial score (nSPS) is 29.4. The highest BCUT2D eigenvalue weighted by molar-refractivity contribution is 4.92. The molecule has 0 bridgehead atoms. The molecule has 1 heterocycles. The summed E-state index contributed by atoms with van der Waals surface area (Å²) in [6.07, 6.45) is 6.23. The number of hydrogen-bond acceptors (Lipinski definition) is 3. The highest BCUT2D eigenvalue weighted by atomic mass is 16.5. The van der Waals surface area contributed by atoms with Crippen LogP contribution in [0.4, 0.5) is 0 Å². The zero-order chi connectivity index (χ0) is 11.6. The molecule has 1 saturated heterocycles. The minimum Gasteiger partial charge on any atom is -0.378 e. The summed E-state index contributed by atoms with van der Waals surface area (Å²) in [5.41, 5.74) is 6.73. The Bertz CT molecular complexity index is 234. The molecule has 0 radical (unpaired) electrons. The summed E-state index contributed by atoms with van der Waals surface area (Å²) in [5.74, 6) is 0. The van der Waals surface area contributed by atoms with Crippen molar-refractivity contribution < 1.29 is 4.74 Å². The van der Waals surface area contributed by atoms with Crippen LogP contribution in [-0.4, -0.2) is 42.3 Å². The molecule has 3 heteroatoms. The van der Waals surface area contributed by atoms with Gasteiger partial charge in [-0.15, -0.1) is 0 Å². The third kappa shape index (κ3) is 2.76. The fourth-order valence-electron chi connectivity index (χ4n) is 2.99. The van der Waals surface area contributed by atoms with Gasteiger partial charge in [-0.05, 0) is 33.1 Å². The van der Waals surface area contributed by atoms with Gasteiger partial charge in [0.1, 0.15) is 0 Å². The lowest BCUT2D eigenvalue weighted by Gasteiger charge is -2.43. The Morgan fingerprint density at radius 3 is 2.56 bits per heavy atom. The first-order chi connectivity index (χ1) is 7.52. The van der Waals surface area contributed by atoms with E-state index in [1.54, 1.807) is 0 Å². The maximum Gasteiger partial charge on any atom is 0.0645 e. The number of ether oxygens (including phenoxy) is 1. The Labute approximate surface area is 99.3 Å². The Balaban J connectivity index is 1.84. The van der Waals surface area contributed by atoms with E-state index < -0.39 is 0 Å². The van der Waals surface area contributed by atoms with E-state index in [0.29, 0.717) is 0 Å². The van der Waals surface area contributed by atoms with Crippen molar-refractivity contribution in [2.45, 2.75) is 57.0 Å². The largest absolute Gasteiger partial charge is 0.378 e. The average Bonchev–Trinajstić information content (AvgIpc) is 2.64. The van der Waals surface area contributed by atoms with Crippen molar-refractivity contribution in [3.63, 3.8) is 0 Å². The second kappa shape index (κ2) is 4.63. The predicted octanol–water partition coefficient (Wildman–Crippen LogP) is 1.76. The molecular formula is C13H26N2O. The molecule has 0 atom stereocenters. The first-order valence-corrected chi connectivity index (χ1v) is 6.64. The van der Waals surface area contributed by atoms with Crippen LogP contribution in [0.3, 0.4) is 0 Å². The van der Waals surface area contributed by atoms with Gasteiger partial charge in [0.05, 0.1) is 13.2 Å². The summed E-state index contributed by atoms with van der Waals surface area (Å²) in [5, 5.41) is 0. The van der Waals surface area contributed by atoms with Gasteiger partial charge in [0.15, 0.2) is 0 Å². The van der Waals surface area contributed by atoms with E-state index in [0.717, 1.165) is 32.7 Å². The lowest BCUT2D eigenvalue weighted by molar-refractivity contribution is -0.0532. The minimum absolute atomic E-state index is 0.133. The van der Waals surface area contributed by atoms with Crippen LogP contribution in [0.2, 0.25) is 0 Å². The van der Waals surface area contributed by atoms with Gasteiger partial charge in [0.2, 0.25) is 0 Å². The van der Waals surface area contributed by atoms with Crippen LogP contribution in [0.25, 0.3) is 0 Å². The maximum atomic E-state index is 6.41. The molecule has 94 valence electrons. The predicted molar refractivity (Wildman–Crippen MR) is 66.5 cm³/mol. The summed E-state index contributed by atoms with van der Waals surface area (Å²) >= 11 is 0. The Morgan fingerprint density at radius 1 is 1.25 bits per heavy atom. The van der Waals surface area contributed by atoms with E-state index in [1.807, 2.05) is 0 Å². The quantitative estimate of drug-likeness (QED) is 0.797. The molecule has 1 saturated carbocycles. The lowest BCUT2D eigenvalue weighted by Crippen LogP contribution is -2.54. The summed E-state index contributed by atoms with van der Waals surface area (Å²) < 4.78 is 5.54. The monoisotopic (exact) mass is 226 g/mol. The van der Waals surface area contributed by atoms with E-state index in [4.69, 9.17) is 10.5 Å². The molecular weight excluding hydrogens is 200 g/mol. The minimum atomic E-state index is 0.133. The van der Waals surface area contributed by atoms with Gasteiger partial charge >= 0.3 is 0 Å². The topological polar surface area (TPSA) is 38.5 Å². The number of rotatable bonds is 3. The molecule has 0 aromatic rings. The third-order valence-electron chi connectivity index (χ3n) is 4.30. The fraction of sp³-hybridized carbons (Fsp3) is 1.00. The van der Waals surface area contributed by atoms with Crippen LogP contribution >= 0.6 is 0 Å². The zero-order valence-electron chi connectivity index (χ0n) is 10.8. The molecule has 0 aromatic heterocycles. The molecule has 2 N–H and O–H groups in total. The summed E-state index contributed by atoms with van der Waals surface area (Å²) in [6, 6.07) is 0. The number of morpholine rings is 1. The molecule has 3 nitrogen and oxygen atoms in total. The molecule has 2 rings (SSSR count). The number of hydrogen-bond donors (Lipinski definition) is 1. The van der Waals surface area contributed by atoms with Crippen molar-refractivity contribution in [2.75, 3.05) is 26.3 Å². The molecule has 0 unspecified atom stereocenters. The molecule has 0 spiro atoms. The molecule has 1 aliphatic heterocycles. The van der Waals surface area contributed by atoms with E-state index in [2.05, 4.69) is 18.7 Å². The molecule has 0 amide bonds. The average molecular weight is 226 g/mol. The second-order valence-corrected chi connectivity index (χ2v) is 6.17. The van der Waals surface area contributed by atoms with Crippen LogP contribution < -0.4 is 5.73 Å². The molecule has 0 aromatic carbocycles. The van der Waals surface area contributed by atoms with Gasteiger partial charge in [-0.25, -0.2) is 0 Å². The smallest absolute Gasteiger partial charge is 0.0645 e. The number of nitrogens with zero attached hydrogens (tertiary/aromatic N) is 1. The first-order valence-electron chi connectivity index (χ1n) is 6.64. The Morgan fingerprint density at radius 2 is 1.94 bits per heavy atom. The maximum absolute atomic E-state index is 6.41. The molecule has 1 aliphatic carbocycles. The van der Waals surface area contributed by atoms with Gasteiger partial charge in [0.25, 0.3) is 0 Å². The summed E-state index contributed by atoms with van der Waals surface area (Å²) in [4.78, 5) is 2.55. The van der Waals surface area contributed by atoms with Crippen LogP contribution in [0.1, 0.15) is 46.0 Å². The van der Waals surface area contributed by atoms with Crippen molar-refractivity contribution in [2.24, 2.45) is 5.73 Å². The van der Waals surface area contributed by atoms with Crippen molar-refractivity contribution in [3.8, 4) is 0 Å². The van der Waals surface area contributed by atoms with Crippen molar-refractivity contribution in [1.82, 2.24) is 4.90 Å². The molecule has 2 aliphatic rings. The van der Waals surface area contributed by atoms with Gasteiger partial charge < -0.3 is 10.5 Å². The highest BCUT2D eigenvalue weighted by Gasteiger charge is 2.34. The highest BCUT2D eigenvalue weighted by Crippen LogP contribution is 2.31. The van der Waals surface area contributed by atoms with Crippen LogP contribution in [0, 0.1) is 0 Å². The standard InChI is InChI=1S/C13H26N2O/c1-12(2)11-16-10-9-15(12)8-7-13(14)5-3-4-6-13/h3-11,14H2,1-2H3. The van der Waals surface area contributed by atoms with E-state index in [9.17, 15) is 0 Å². The van der Waals surface area contributed by atoms with Crippen molar-refractivity contribution in [3.05, 3.63) is 0 Å². The Hall–Kier alpha value is -0.120. The lowest BCUT2D eigenvalue weighted by atomic mass is 9.93. The molecule has 2 fully saturated rings. The van der Waals surface area contributed by atoms with E-state index >= 15 is 0 Å². The van der Waals surface area contributed by atoms with Crippen LogP contribution in [0.5, 0.6) is 0 Å². The van der Waals surface area contributed by atoms with Crippen molar-refractivity contribution >= 4 is 0 Å². The van der Waals surface area contributed by atoms with Gasteiger partial charge in [0, 0.05) is 24.2 Å². The van der Waals surface area contributed by atoms with Gasteiger partial charge in [-0.3, -0.25) is 4.90 Å². The summed E-state index contributed by atoms with van der Waals surface area (Å²) in [7, 11) is 0. The van der Waals surface area contributed by atoms with Crippen molar-refractivity contribution in [1.29, 1.82) is 0 Å². The van der Waals surface area contributed by atoms with Crippen LogP contribution in [-0.2, 0) is 4.74 Å². The fourth-order valence-corrected chi connectivity index (χ4v) is 2.99. The second-order valence-electron chi connectivity index (χ2n) is 6.17. The van der Waals surface area contributed by atoms with Gasteiger partial charge in [-0.2, -0.15) is 0 Å².